The van der Waals surface area contributed by atoms with Gasteiger partial charge in [0, 0.05) is 45.6 Å². The van der Waals surface area contributed by atoms with Crippen LogP contribution in [0.15, 0.2) is 0 Å². The van der Waals surface area contributed by atoms with E-state index in [2.05, 4.69) is 83.1 Å². The first-order valence-electron chi connectivity index (χ1n) is 25.9. The number of hydrogen-bond donors (Lipinski definition) is 0. The van der Waals surface area contributed by atoms with Gasteiger partial charge in [0.25, 0.3) is 0 Å². The van der Waals surface area contributed by atoms with E-state index in [4.69, 9.17) is 0 Å². The van der Waals surface area contributed by atoms with Crippen LogP contribution in [-0.4, -0.2) is 11.6 Å². The molecule has 19 aliphatic rings. The zero-order valence-corrected chi connectivity index (χ0v) is 44.4. The smallest absolute Gasteiger partial charge is 0.146 e. The number of rotatable bonds is 0. The maximum absolute atomic E-state index is 11.6. The number of ketones is 2. The molecule has 0 N–H and O–H groups in total. The Morgan fingerprint density at radius 2 is 0.700 bits per heavy atom. The summed E-state index contributed by atoms with van der Waals surface area (Å²) in [7, 11) is 0. The van der Waals surface area contributed by atoms with Crippen molar-refractivity contribution in [2.24, 2.45) is 95.1 Å². The zero-order chi connectivity index (χ0) is 42.7. The van der Waals surface area contributed by atoms with Crippen LogP contribution in [0.4, 0.5) is 0 Å². The summed E-state index contributed by atoms with van der Waals surface area (Å²) in [5.41, 5.74) is 6.35. The SMILES string of the molecule is CC12C3C4C1C1C2C3C41C.CC12CC(C)(C1)C2.CC12CCC(C)(C(=O)C1)C(=O)C2.CC12CCC(C)(CC1)CC2.CC12CCCC(C)(CC1)CC2.[CH2-]C1(C)CC[C-](C)CC1.[Y]. The van der Waals surface area contributed by atoms with Gasteiger partial charge in [0.2, 0.25) is 0 Å². The van der Waals surface area contributed by atoms with E-state index in [1.807, 2.05) is 6.92 Å². The number of carbonyl (C=O) groups is 2. The molecule has 337 valence electrons. The van der Waals surface area contributed by atoms with E-state index in [1.54, 1.807) is 5.92 Å². The summed E-state index contributed by atoms with van der Waals surface area (Å²) in [5.74, 6) is 9.50. The van der Waals surface area contributed by atoms with E-state index in [-0.39, 0.29) is 49.7 Å². The quantitative estimate of drug-likeness (QED) is 0.179. The molecule has 0 heterocycles. The second-order valence-corrected chi connectivity index (χ2v) is 29.2. The summed E-state index contributed by atoms with van der Waals surface area (Å²) in [6, 6.07) is 0. The Kier molecular flexibility index (Phi) is 11.5. The summed E-state index contributed by atoms with van der Waals surface area (Å²) in [5, 5.41) is 0. The Morgan fingerprint density at radius 3 is 0.950 bits per heavy atom. The molecule has 19 rings (SSSR count). The van der Waals surface area contributed by atoms with Gasteiger partial charge in [-0.05, 0) is 200 Å². The summed E-state index contributed by atoms with van der Waals surface area (Å²) >= 11 is 0. The number of Topliss-reactive ketones (excluding diaryl/α,β-unsaturated/α-hetero) is 2. The molecule has 1 radical (unpaired) electrons. The number of carbonyl (C=O) groups excluding carboxylic acids is 2. The fourth-order valence-electron chi connectivity index (χ4n) is 18.7. The van der Waals surface area contributed by atoms with E-state index in [9.17, 15) is 9.59 Å². The predicted molar refractivity (Wildman–Crippen MR) is 245 cm³/mol. The molecule has 19 fully saturated rings. The normalized spacial score (nSPS) is 56.8. The zero-order valence-electron chi connectivity index (χ0n) is 41.5. The molecule has 0 saturated heterocycles. The van der Waals surface area contributed by atoms with Crippen LogP contribution >= 0.6 is 0 Å². The Hall–Kier alpha value is 0.444. The molecule has 0 spiro atoms. The Morgan fingerprint density at radius 1 is 0.417 bits per heavy atom. The average Bonchev–Trinajstić information content (AvgIpc) is 3.41. The maximum Gasteiger partial charge on any atom is 0.146 e. The van der Waals surface area contributed by atoms with Crippen LogP contribution in [-0.2, 0) is 42.3 Å². The van der Waals surface area contributed by atoms with Crippen molar-refractivity contribution in [3.8, 4) is 0 Å². The monoisotopic (exact) mass is 898 g/mol. The van der Waals surface area contributed by atoms with Gasteiger partial charge < -0.3 is 12.8 Å². The van der Waals surface area contributed by atoms with Crippen molar-refractivity contribution < 1.29 is 42.3 Å². The van der Waals surface area contributed by atoms with Gasteiger partial charge in [0.05, 0.1) is 5.41 Å². The molecule has 19 saturated carbocycles. The summed E-state index contributed by atoms with van der Waals surface area (Å²) in [6.45, 7) is 32.4. The van der Waals surface area contributed by atoms with Gasteiger partial charge >= 0.3 is 0 Å². The van der Waals surface area contributed by atoms with Crippen molar-refractivity contribution in [3.63, 3.8) is 0 Å². The van der Waals surface area contributed by atoms with Gasteiger partial charge in [-0.25, -0.2) is 0 Å². The third-order valence-electron chi connectivity index (χ3n) is 23.4. The first-order chi connectivity index (χ1) is 27.2. The summed E-state index contributed by atoms with van der Waals surface area (Å²) in [4.78, 5) is 23.1. The van der Waals surface area contributed by atoms with Crippen LogP contribution < -0.4 is 0 Å². The van der Waals surface area contributed by atoms with E-state index in [1.165, 1.54) is 164 Å². The van der Waals surface area contributed by atoms with Crippen molar-refractivity contribution in [3.05, 3.63) is 12.8 Å². The molecule has 0 aromatic heterocycles. The Bertz CT molecular complexity index is 1480. The van der Waals surface area contributed by atoms with Crippen LogP contribution in [0.5, 0.6) is 0 Å². The van der Waals surface area contributed by atoms with Crippen molar-refractivity contribution in [2.45, 2.75) is 237 Å². The van der Waals surface area contributed by atoms with Gasteiger partial charge in [-0.1, -0.05) is 75.7 Å². The topological polar surface area (TPSA) is 34.1 Å². The van der Waals surface area contributed by atoms with Crippen LogP contribution in [0, 0.1) is 108 Å². The van der Waals surface area contributed by atoms with Crippen molar-refractivity contribution in [1.82, 2.24) is 0 Å². The molecule has 0 aliphatic heterocycles. The predicted octanol–water partition coefficient (Wildman–Crippen LogP) is 15.8. The fraction of sp³-hybridized carbons (Fsp3) is 0.930. The van der Waals surface area contributed by atoms with E-state index in [0.29, 0.717) is 18.3 Å². The van der Waals surface area contributed by atoms with Crippen molar-refractivity contribution in [2.75, 3.05) is 0 Å². The molecule has 0 unspecified atom stereocenters. The molecule has 0 amide bonds. The summed E-state index contributed by atoms with van der Waals surface area (Å²) < 4.78 is 0. The van der Waals surface area contributed by atoms with Crippen molar-refractivity contribution in [1.29, 1.82) is 0 Å². The minimum absolute atomic E-state index is 0. The van der Waals surface area contributed by atoms with E-state index < -0.39 is 5.41 Å². The molecule has 0 aromatic rings. The van der Waals surface area contributed by atoms with Crippen LogP contribution in [0.3, 0.4) is 0 Å². The first kappa shape index (κ1) is 47.0. The van der Waals surface area contributed by atoms with Crippen LogP contribution in [0.1, 0.15) is 237 Å². The molecule has 0 aromatic carbocycles. The number of hydrogen-bond acceptors (Lipinski definition) is 2. The number of fused-ring (bicyclic) bond motifs is 10. The van der Waals surface area contributed by atoms with Crippen LogP contribution in [0.2, 0.25) is 0 Å². The summed E-state index contributed by atoms with van der Waals surface area (Å²) in [6.07, 6.45) is 32.3. The maximum atomic E-state index is 11.6. The molecule has 3 heteroatoms. The average molecular weight is 898 g/mol. The van der Waals surface area contributed by atoms with E-state index in [0.717, 1.165) is 56.2 Å². The molecule has 60 heavy (non-hydrogen) atoms. The molecule has 2 nitrogen and oxygen atoms in total. The van der Waals surface area contributed by atoms with Crippen LogP contribution in [0.25, 0.3) is 0 Å². The molecule has 19 aliphatic carbocycles. The third kappa shape index (κ3) is 7.31. The second-order valence-electron chi connectivity index (χ2n) is 29.2. The van der Waals surface area contributed by atoms with Crippen molar-refractivity contribution >= 4 is 11.6 Å². The van der Waals surface area contributed by atoms with Gasteiger partial charge in [0.1, 0.15) is 11.6 Å². The Balaban J connectivity index is 0.0000001000. The first-order valence-corrected chi connectivity index (χ1v) is 25.9. The third-order valence-corrected chi connectivity index (χ3v) is 23.4. The van der Waals surface area contributed by atoms with Gasteiger partial charge in [0.15, 0.2) is 0 Å². The van der Waals surface area contributed by atoms with Gasteiger partial charge in [-0.15, -0.1) is 12.8 Å². The van der Waals surface area contributed by atoms with Gasteiger partial charge in [-0.3, -0.25) is 9.59 Å². The standard InChI is InChI=1S/C11H20.C10H14O2.C10H12.C10H18.C9H16.C7H12.Y/c1-10-4-3-5-11(2,8-6-10)9-7-10;1-9-3-4-10(2,7(11)5-9)8(12)6-9;1-9-3-6-4(9)8-5(9)7(3)10(6,8)2;1-9-3-6-10(2,7-4-9)8-5-9;1-8-4-6-9(2,3)7-5-8;1-6-3-7(2,4-6)5-6;/h3-9H2,1-2H3;3-6H2,1-2H3;3-8H,1-2H3;3-8H2,1-2H3;2,4-7H2,1,3H3;3-5H2,1-2H3;/q;;;;-2;;. The minimum atomic E-state index is -0.599. The van der Waals surface area contributed by atoms with E-state index >= 15 is 0 Å². The second kappa shape index (κ2) is 14.7. The largest absolute Gasteiger partial charge is 0.338 e. The minimum Gasteiger partial charge on any atom is -0.338 e. The fourth-order valence-corrected chi connectivity index (χ4v) is 18.7. The molecule has 8 bridgehead atoms. The van der Waals surface area contributed by atoms with Gasteiger partial charge in [-0.2, -0.15) is 25.2 Å². The Labute approximate surface area is 396 Å². The molecule has 0 atom stereocenters. The molecular weight excluding hydrogens is 806 g/mol. The molecular formula is C57H92O2Y-2.